The van der Waals surface area contributed by atoms with Crippen molar-refractivity contribution in [1.29, 1.82) is 5.26 Å². The maximum absolute atomic E-state index is 8.75. The third kappa shape index (κ3) is 3.34. The van der Waals surface area contributed by atoms with Gasteiger partial charge < -0.3 is 10.2 Å². The quantitative estimate of drug-likeness (QED) is 0.876. The number of benzene rings is 1. The third-order valence-corrected chi connectivity index (χ3v) is 4.23. The molecule has 1 atom stereocenters. The highest BCUT2D eigenvalue weighted by Crippen LogP contribution is 2.31. The molecule has 1 saturated heterocycles. The van der Waals surface area contributed by atoms with E-state index < -0.39 is 0 Å². The third-order valence-electron chi connectivity index (χ3n) is 4.23. The first-order valence-electron chi connectivity index (χ1n) is 7.29. The van der Waals surface area contributed by atoms with E-state index in [1.165, 1.54) is 37.9 Å². The largest absolute Gasteiger partial charge is 0.312 e. The summed E-state index contributed by atoms with van der Waals surface area (Å²) >= 11 is 0. The number of hydrogen-bond acceptors (Lipinski definition) is 3. The van der Waals surface area contributed by atoms with Gasteiger partial charge >= 0.3 is 0 Å². The summed E-state index contributed by atoms with van der Waals surface area (Å²) in [6.07, 6.45) is 4.19. The first-order chi connectivity index (χ1) is 9.35. The number of likely N-dealkylation sites (tertiary alicyclic amines) is 1. The van der Waals surface area contributed by atoms with Gasteiger partial charge in [0.1, 0.15) is 0 Å². The maximum Gasteiger partial charge on any atom is 0.0991 e. The van der Waals surface area contributed by atoms with Crippen molar-refractivity contribution in [3.05, 3.63) is 35.4 Å². The molecular formula is C16H21N3. The topological polar surface area (TPSA) is 39.1 Å². The molecule has 0 aromatic heterocycles. The van der Waals surface area contributed by atoms with E-state index in [2.05, 4.69) is 16.3 Å². The Bertz CT molecular complexity index is 456. The summed E-state index contributed by atoms with van der Waals surface area (Å²) < 4.78 is 0. The zero-order chi connectivity index (χ0) is 13.1. The number of nitrogens with zero attached hydrogens (tertiary/aromatic N) is 2. The molecule has 1 aliphatic carbocycles. The van der Waals surface area contributed by atoms with E-state index in [0.717, 1.165) is 30.6 Å². The summed E-state index contributed by atoms with van der Waals surface area (Å²) in [7, 11) is 0. The van der Waals surface area contributed by atoms with Gasteiger partial charge in [0.15, 0.2) is 0 Å². The van der Waals surface area contributed by atoms with Crippen LogP contribution < -0.4 is 5.32 Å². The van der Waals surface area contributed by atoms with Crippen LogP contribution in [0.1, 0.15) is 30.4 Å². The molecule has 2 aliphatic rings. The summed E-state index contributed by atoms with van der Waals surface area (Å²) in [5.41, 5.74) is 2.00. The number of rotatable bonds is 5. The summed E-state index contributed by atoms with van der Waals surface area (Å²) in [6, 6.07) is 10.9. The number of hydrogen-bond donors (Lipinski definition) is 1. The van der Waals surface area contributed by atoms with Crippen LogP contribution in [0.5, 0.6) is 0 Å². The van der Waals surface area contributed by atoms with Crippen LogP contribution in [0.15, 0.2) is 24.3 Å². The Kier molecular flexibility index (Phi) is 3.82. The van der Waals surface area contributed by atoms with Gasteiger partial charge in [0.25, 0.3) is 0 Å². The minimum atomic E-state index is 0.736. The smallest absolute Gasteiger partial charge is 0.0991 e. The lowest BCUT2D eigenvalue weighted by atomic mass is 10.1. The van der Waals surface area contributed by atoms with Crippen molar-refractivity contribution in [3.8, 4) is 6.07 Å². The van der Waals surface area contributed by atoms with Crippen LogP contribution in [0, 0.1) is 17.2 Å². The Morgan fingerprint density at radius 2 is 2.00 bits per heavy atom. The highest BCUT2D eigenvalue weighted by molar-refractivity contribution is 5.31. The van der Waals surface area contributed by atoms with E-state index in [9.17, 15) is 0 Å². The minimum absolute atomic E-state index is 0.736. The van der Waals surface area contributed by atoms with Crippen LogP contribution in [0.2, 0.25) is 0 Å². The normalized spacial score (nSPS) is 23.4. The predicted molar refractivity (Wildman–Crippen MR) is 75.6 cm³/mol. The van der Waals surface area contributed by atoms with Crippen molar-refractivity contribution in [3.63, 3.8) is 0 Å². The Balaban J connectivity index is 1.39. The van der Waals surface area contributed by atoms with Gasteiger partial charge in [0, 0.05) is 19.1 Å². The van der Waals surface area contributed by atoms with Gasteiger partial charge in [-0.1, -0.05) is 12.1 Å². The van der Waals surface area contributed by atoms with Crippen LogP contribution in [-0.2, 0) is 6.54 Å². The minimum Gasteiger partial charge on any atom is -0.312 e. The SMILES string of the molecule is N#Cc1ccc(CNCC2CCN(C3CC3)C2)cc1. The second-order valence-corrected chi connectivity index (χ2v) is 5.82. The van der Waals surface area contributed by atoms with Crippen molar-refractivity contribution in [2.24, 2.45) is 5.92 Å². The first-order valence-corrected chi connectivity index (χ1v) is 7.29. The zero-order valence-electron chi connectivity index (χ0n) is 11.3. The number of nitriles is 1. The molecule has 1 aliphatic heterocycles. The molecule has 0 bridgehead atoms. The fraction of sp³-hybridized carbons (Fsp3) is 0.562. The predicted octanol–water partition coefficient (Wildman–Crippen LogP) is 2.13. The molecule has 3 nitrogen and oxygen atoms in total. The molecule has 3 rings (SSSR count). The molecule has 1 saturated carbocycles. The molecule has 0 amide bonds. The Morgan fingerprint density at radius 1 is 1.21 bits per heavy atom. The average molecular weight is 255 g/mol. The fourth-order valence-electron chi connectivity index (χ4n) is 2.92. The van der Waals surface area contributed by atoms with Crippen LogP contribution in [0.4, 0.5) is 0 Å². The molecule has 0 spiro atoms. The van der Waals surface area contributed by atoms with E-state index in [0.29, 0.717) is 0 Å². The lowest BCUT2D eigenvalue weighted by Gasteiger charge is -2.15. The fourth-order valence-corrected chi connectivity index (χ4v) is 2.92. The highest BCUT2D eigenvalue weighted by atomic mass is 15.2. The molecule has 0 radical (unpaired) electrons. The van der Waals surface area contributed by atoms with Gasteiger partial charge in [-0.25, -0.2) is 0 Å². The van der Waals surface area contributed by atoms with Gasteiger partial charge in [-0.05, 0) is 56.0 Å². The molecule has 100 valence electrons. The summed E-state index contributed by atoms with van der Waals surface area (Å²) in [5.74, 6) is 0.819. The van der Waals surface area contributed by atoms with Crippen molar-refractivity contribution >= 4 is 0 Å². The van der Waals surface area contributed by atoms with Gasteiger partial charge in [0.05, 0.1) is 11.6 Å². The van der Waals surface area contributed by atoms with Crippen molar-refractivity contribution in [2.45, 2.75) is 31.8 Å². The molecule has 19 heavy (non-hydrogen) atoms. The van der Waals surface area contributed by atoms with Crippen LogP contribution in [0.25, 0.3) is 0 Å². The van der Waals surface area contributed by atoms with Crippen molar-refractivity contribution < 1.29 is 0 Å². The Hall–Kier alpha value is -1.37. The van der Waals surface area contributed by atoms with Gasteiger partial charge in [-0.2, -0.15) is 5.26 Å². The summed E-state index contributed by atoms with van der Waals surface area (Å²) in [4.78, 5) is 2.66. The molecule has 3 heteroatoms. The summed E-state index contributed by atoms with van der Waals surface area (Å²) in [5, 5.41) is 12.3. The maximum atomic E-state index is 8.75. The molecule has 1 aromatic carbocycles. The standard InChI is InChI=1S/C16H21N3/c17-9-13-1-3-14(4-2-13)10-18-11-15-7-8-19(12-15)16-5-6-16/h1-4,15-16,18H,5-8,10-12H2. The van der Waals surface area contributed by atoms with Crippen molar-refractivity contribution in [2.75, 3.05) is 19.6 Å². The van der Waals surface area contributed by atoms with E-state index in [1.54, 1.807) is 0 Å². The molecule has 1 N–H and O–H groups in total. The Labute approximate surface area is 115 Å². The van der Waals surface area contributed by atoms with Gasteiger partial charge in [0.2, 0.25) is 0 Å². The molecular weight excluding hydrogens is 234 g/mol. The number of nitrogens with one attached hydrogen (secondary N) is 1. The molecule has 2 fully saturated rings. The van der Waals surface area contributed by atoms with E-state index in [1.807, 2.05) is 24.3 Å². The van der Waals surface area contributed by atoms with Crippen LogP contribution in [-0.4, -0.2) is 30.6 Å². The molecule has 1 unspecified atom stereocenters. The second kappa shape index (κ2) is 5.73. The van der Waals surface area contributed by atoms with Crippen LogP contribution >= 0.6 is 0 Å². The first kappa shape index (κ1) is 12.7. The lowest BCUT2D eigenvalue weighted by molar-refractivity contribution is 0.312. The lowest BCUT2D eigenvalue weighted by Crippen LogP contribution is -2.27. The van der Waals surface area contributed by atoms with E-state index >= 15 is 0 Å². The van der Waals surface area contributed by atoms with Crippen LogP contribution in [0.3, 0.4) is 0 Å². The second-order valence-electron chi connectivity index (χ2n) is 5.82. The highest BCUT2D eigenvalue weighted by Gasteiger charge is 2.33. The average Bonchev–Trinajstić information content (AvgIpc) is 3.20. The van der Waals surface area contributed by atoms with Gasteiger partial charge in [-0.3, -0.25) is 0 Å². The monoisotopic (exact) mass is 255 g/mol. The van der Waals surface area contributed by atoms with Gasteiger partial charge in [-0.15, -0.1) is 0 Å². The molecule has 1 heterocycles. The van der Waals surface area contributed by atoms with E-state index in [4.69, 9.17) is 5.26 Å². The summed E-state index contributed by atoms with van der Waals surface area (Å²) in [6.45, 7) is 4.60. The van der Waals surface area contributed by atoms with E-state index in [-0.39, 0.29) is 0 Å². The van der Waals surface area contributed by atoms with Crippen molar-refractivity contribution in [1.82, 2.24) is 10.2 Å². The zero-order valence-corrected chi connectivity index (χ0v) is 11.3. The Morgan fingerprint density at radius 3 is 2.68 bits per heavy atom. The molecule has 1 aromatic rings.